The summed E-state index contributed by atoms with van der Waals surface area (Å²) in [4.78, 5) is 16.6. The van der Waals surface area contributed by atoms with Crippen molar-refractivity contribution >= 4 is 5.91 Å². The fourth-order valence-corrected chi connectivity index (χ4v) is 2.43. The number of hydrogen-bond donors (Lipinski definition) is 1. The minimum atomic E-state index is -0.0252. The van der Waals surface area contributed by atoms with E-state index in [1.165, 1.54) is 0 Å². The van der Waals surface area contributed by atoms with E-state index in [4.69, 9.17) is 0 Å². The summed E-state index contributed by atoms with van der Waals surface area (Å²) in [6.45, 7) is 8.86. The summed E-state index contributed by atoms with van der Waals surface area (Å²) in [5, 5.41) is 3.11. The average Bonchev–Trinajstić information content (AvgIpc) is 2.29. The second-order valence-corrected chi connectivity index (χ2v) is 5.20. The lowest BCUT2D eigenvalue weighted by Crippen LogP contribution is -2.53. The van der Waals surface area contributed by atoms with E-state index in [1.807, 2.05) is 19.0 Å². The summed E-state index contributed by atoms with van der Waals surface area (Å²) in [6, 6.07) is -0.0216. The Balaban J connectivity index is 2.93. The minimum absolute atomic E-state index is 0.0216. The van der Waals surface area contributed by atoms with Crippen molar-refractivity contribution in [2.45, 2.75) is 38.8 Å². The Morgan fingerprint density at radius 3 is 2.62 bits per heavy atom. The van der Waals surface area contributed by atoms with E-state index in [-0.39, 0.29) is 17.5 Å². The SMILES string of the molecule is CCN1C(=O)C(CNC)N(C)CCC1(C)C. The highest BCUT2D eigenvalue weighted by molar-refractivity contribution is 5.83. The highest BCUT2D eigenvalue weighted by Crippen LogP contribution is 2.24. The second kappa shape index (κ2) is 5.15. The molecule has 0 aromatic carbocycles. The predicted octanol–water partition coefficient (Wildman–Crippen LogP) is 0.537. The van der Waals surface area contributed by atoms with Crippen molar-refractivity contribution in [3.05, 3.63) is 0 Å². The number of nitrogens with zero attached hydrogens (tertiary/aromatic N) is 2. The van der Waals surface area contributed by atoms with E-state index >= 15 is 0 Å². The molecule has 1 fully saturated rings. The lowest BCUT2D eigenvalue weighted by atomic mass is 9.98. The molecule has 1 rings (SSSR count). The molecule has 1 heterocycles. The number of amides is 1. The molecule has 4 nitrogen and oxygen atoms in total. The third kappa shape index (κ3) is 2.55. The smallest absolute Gasteiger partial charge is 0.241 e. The van der Waals surface area contributed by atoms with Crippen LogP contribution >= 0.6 is 0 Å². The third-order valence-electron chi connectivity index (χ3n) is 3.60. The van der Waals surface area contributed by atoms with Gasteiger partial charge in [-0.2, -0.15) is 0 Å². The number of likely N-dealkylation sites (N-methyl/N-ethyl adjacent to an activating group) is 3. The minimum Gasteiger partial charge on any atom is -0.336 e. The number of carbonyl (C=O) groups excluding carboxylic acids is 1. The molecule has 0 saturated carbocycles. The molecule has 1 aliphatic rings. The van der Waals surface area contributed by atoms with Crippen molar-refractivity contribution in [1.29, 1.82) is 0 Å². The first-order valence-corrected chi connectivity index (χ1v) is 6.10. The largest absolute Gasteiger partial charge is 0.336 e. The Labute approximate surface area is 99.0 Å². The normalized spacial score (nSPS) is 26.9. The van der Waals surface area contributed by atoms with Gasteiger partial charge in [-0.25, -0.2) is 0 Å². The van der Waals surface area contributed by atoms with E-state index in [1.54, 1.807) is 0 Å². The quantitative estimate of drug-likeness (QED) is 0.764. The molecule has 1 amide bonds. The molecule has 1 unspecified atom stereocenters. The number of carbonyl (C=O) groups is 1. The number of nitrogens with one attached hydrogen (secondary N) is 1. The molecule has 0 aliphatic carbocycles. The van der Waals surface area contributed by atoms with Crippen LogP contribution in [0.3, 0.4) is 0 Å². The van der Waals surface area contributed by atoms with Crippen molar-refractivity contribution in [2.75, 3.05) is 33.7 Å². The summed E-state index contributed by atoms with van der Waals surface area (Å²) < 4.78 is 0. The fourth-order valence-electron chi connectivity index (χ4n) is 2.43. The molecular weight excluding hydrogens is 202 g/mol. The van der Waals surface area contributed by atoms with E-state index in [0.717, 1.165) is 26.1 Å². The van der Waals surface area contributed by atoms with Crippen LogP contribution in [-0.2, 0) is 4.79 Å². The van der Waals surface area contributed by atoms with Crippen LogP contribution in [0.2, 0.25) is 0 Å². The summed E-state index contributed by atoms with van der Waals surface area (Å²) in [7, 11) is 3.93. The molecule has 0 radical (unpaired) electrons. The molecular formula is C12H25N3O. The fraction of sp³-hybridized carbons (Fsp3) is 0.917. The van der Waals surface area contributed by atoms with Crippen LogP contribution in [0.1, 0.15) is 27.2 Å². The number of hydrogen-bond acceptors (Lipinski definition) is 3. The van der Waals surface area contributed by atoms with Crippen LogP contribution in [-0.4, -0.2) is 61.0 Å². The first kappa shape index (κ1) is 13.5. The maximum atomic E-state index is 12.4. The molecule has 94 valence electrons. The first-order valence-electron chi connectivity index (χ1n) is 6.10. The Bertz CT molecular complexity index is 253. The summed E-state index contributed by atoms with van der Waals surface area (Å²) in [5.74, 6) is 0.252. The molecule has 0 bridgehead atoms. The van der Waals surface area contributed by atoms with Crippen LogP contribution in [0.4, 0.5) is 0 Å². The maximum Gasteiger partial charge on any atom is 0.241 e. The van der Waals surface area contributed by atoms with Gasteiger partial charge in [0.2, 0.25) is 5.91 Å². The van der Waals surface area contributed by atoms with Crippen molar-refractivity contribution in [3.63, 3.8) is 0 Å². The van der Waals surface area contributed by atoms with Gasteiger partial charge in [0, 0.05) is 25.2 Å². The lowest BCUT2D eigenvalue weighted by Gasteiger charge is -2.37. The van der Waals surface area contributed by atoms with E-state index in [0.29, 0.717) is 0 Å². The molecule has 1 N–H and O–H groups in total. The van der Waals surface area contributed by atoms with Gasteiger partial charge in [-0.1, -0.05) is 0 Å². The van der Waals surface area contributed by atoms with Crippen molar-refractivity contribution in [1.82, 2.24) is 15.1 Å². The predicted molar refractivity (Wildman–Crippen MR) is 66.4 cm³/mol. The van der Waals surface area contributed by atoms with Crippen LogP contribution in [0.5, 0.6) is 0 Å². The van der Waals surface area contributed by atoms with Gasteiger partial charge in [-0.3, -0.25) is 9.69 Å². The molecule has 1 atom stereocenters. The molecule has 16 heavy (non-hydrogen) atoms. The first-order chi connectivity index (χ1) is 7.44. The van der Waals surface area contributed by atoms with Gasteiger partial charge in [0.25, 0.3) is 0 Å². The monoisotopic (exact) mass is 227 g/mol. The molecule has 0 aromatic rings. The van der Waals surface area contributed by atoms with Gasteiger partial charge in [0.15, 0.2) is 0 Å². The average molecular weight is 227 g/mol. The summed E-state index contributed by atoms with van der Waals surface area (Å²) >= 11 is 0. The molecule has 0 spiro atoms. The van der Waals surface area contributed by atoms with E-state index in [2.05, 4.69) is 31.0 Å². The molecule has 0 aromatic heterocycles. The zero-order chi connectivity index (χ0) is 12.3. The third-order valence-corrected chi connectivity index (χ3v) is 3.60. The molecule has 1 saturated heterocycles. The second-order valence-electron chi connectivity index (χ2n) is 5.20. The van der Waals surface area contributed by atoms with Crippen LogP contribution in [0.15, 0.2) is 0 Å². The number of rotatable bonds is 3. The highest BCUT2D eigenvalue weighted by Gasteiger charge is 2.38. The summed E-state index contributed by atoms with van der Waals surface area (Å²) in [5.41, 5.74) is -0.0252. The van der Waals surface area contributed by atoms with Gasteiger partial charge < -0.3 is 10.2 Å². The standard InChI is InChI=1S/C12H25N3O/c1-6-15-11(16)10(9-13-4)14(5)8-7-12(15,2)3/h10,13H,6-9H2,1-5H3. The van der Waals surface area contributed by atoms with Gasteiger partial charge in [-0.15, -0.1) is 0 Å². The van der Waals surface area contributed by atoms with E-state index < -0.39 is 0 Å². The van der Waals surface area contributed by atoms with Gasteiger partial charge in [-0.05, 0) is 41.3 Å². The Morgan fingerprint density at radius 1 is 1.50 bits per heavy atom. The van der Waals surface area contributed by atoms with Crippen molar-refractivity contribution in [2.24, 2.45) is 0 Å². The summed E-state index contributed by atoms with van der Waals surface area (Å²) in [6.07, 6.45) is 1.03. The van der Waals surface area contributed by atoms with Crippen molar-refractivity contribution < 1.29 is 4.79 Å². The highest BCUT2D eigenvalue weighted by atomic mass is 16.2. The van der Waals surface area contributed by atoms with Crippen LogP contribution in [0, 0.1) is 0 Å². The Kier molecular flexibility index (Phi) is 4.33. The zero-order valence-electron chi connectivity index (χ0n) is 11.2. The lowest BCUT2D eigenvalue weighted by molar-refractivity contribution is -0.139. The van der Waals surface area contributed by atoms with Gasteiger partial charge in [0.05, 0.1) is 0 Å². The van der Waals surface area contributed by atoms with Gasteiger partial charge in [0.1, 0.15) is 6.04 Å². The van der Waals surface area contributed by atoms with Crippen LogP contribution < -0.4 is 5.32 Å². The molecule has 4 heteroatoms. The van der Waals surface area contributed by atoms with Gasteiger partial charge >= 0.3 is 0 Å². The maximum absolute atomic E-state index is 12.4. The molecule has 1 aliphatic heterocycles. The van der Waals surface area contributed by atoms with Crippen molar-refractivity contribution in [3.8, 4) is 0 Å². The van der Waals surface area contributed by atoms with Crippen LogP contribution in [0.25, 0.3) is 0 Å². The zero-order valence-corrected chi connectivity index (χ0v) is 11.2. The topological polar surface area (TPSA) is 35.6 Å². The Hall–Kier alpha value is -0.610. The van der Waals surface area contributed by atoms with E-state index in [9.17, 15) is 4.79 Å². The Morgan fingerprint density at radius 2 is 2.12 bits per heavy atom.